The van der Waals surface area contributed by atoms with Crippen molar-refractivity contribution in [2.24, 2.45) is 0 Å². The van der Waals surface area contributed by atoms with Gasteiger partial charge in [0.25, 0.3) is 0 Å². The lowest BCUT2D eigenvalue weighted by molar-refractivity contribution is 0.597. The summed E-state index contributed by atoms with van der Waals surface area (Å²) in [6.45, 7) is 5.29. The number of rotatable bonds is 8. The average molecular weight is 270 g/mol. The van der Waals surface area contributed by atoms with Crippen molar-refractivity contribution in [3.8, 4) is 0 Å². The fourth-order valence-electron chi connectivity index (χ4n) is 1.71. The van der Waals surface area contributed by atoms with Crippen molar-refractivity contribution in [2.45, 2.75) is 26.7 Å². The van der Waals surface area contributed by atoms with Crippen LogP contribution in [0.4, 0.5) is 5.69 Å². The second kappa shape index (κ2) is 7.38. The number of aryl methyl sites for hydroxylation is 1. The SMILES string of the molecule is CCCc1ccccc1NS(=O)(=O)CCNCC. The van der Waals surface area contributed by atoms with E-state index < -0.39 is 10.0 Å². The van der Waals surface area contributed by atoms with Crippen molar-refractivity contribution < 1.29 is 8.42 Å². The van der Waals surface area contributed by atoms with Gasteiger partial charge in [0.05, 0.1) is 11.4 Å². The fraction of sp³-hybridized carbons (Fsp3) is 0.538. The van der Waals surface area contributed by atoms with E-state index in [-0.39, 0.29) is 5.75 Å². The van der Waals surface area contributed by atoms with Crippen LogP contribution in [0.5, 0.6) is 0 Å². The second-order valence-corrected chi connectivity index (χ2v) is 6.02. The van der Waals surface area contributed by atoms with Gasteiger partial charge in [-0.1, -0.05) is 38.5 Å². The summed E-state index contributed by atoms with van der Waals surface area (Å²) in [6, 6.07) is 7.56. The highest BCUT2D eigenvalue weighted by molar-refractivity contribution is 7.92. The highest BCUT2D eigenvalue weighted by Gasteiger charge is 2.11. The molecule has 102 valence electrons. The topological polar surface area (TPSA) is 58.2 Å². The van der Waals surface area contributed by atoms with E-state index in [9.17, 15) is 8.42 Å². The van der Waals surface area contributed by atoms with Gasteiger partial charge in [0, 0.05) is 6.54 Å². The molecule has 0 aliphatic rings. The van der Waals surface area contributed by atoms with E-state index in [1.165, 1.54) is 0 Å². The molecule has 0 aliphatic heterocycles. The molecule has 1 aromatic carbocycles. The van der Waals surface area contributed by atoms with Gasteiger partial charge in [-0.2, -0.15) is 0 Å². The Balaban J connectivity index is 2.71. The third-order valence-corrected chi connectivity index (χ3v) is 3.87. The Morgan fingerprint density at radius 1 is 1.17 bits per heavy atom. The van der Waals surface area contributed by atoms with E-state index in [1.54, 1.807) is 0 Å². The molecule has 18 heavy (non-hydrogen) atoms. The number of nitrogens with one attached hydrogen (secondary N) is 2. The van der Waals surface area contributed by atoms with Crippen LogP contribution in [-0.2, 0) is 16.4 Å². The molecule has 1 rings (SSSR count). The highest BCUT2D eigenvalue weighted by atomic mass is 32.2. The normalized spacial score (nSPS) is 11.4. The lowest BCUT2D eigenvalue weighted by Gasteiger charge is -2.12. The van der Waals surface area contributed by atoms with Crippen molar-refractivity contribution in [1.29, 1.82) is 0 Å². The van der Waals surface area contributed by atoms with Crippen LogP contribution in [0.1, 0.15) is 25.8 Å². The molecule has 0 aromatic heterocycles. The molecule has 0 amide bonds. The summed E-state index contributed by atoms with van der Waals surface area (Å²) in [6.07, 6.45) is 1.88. The van der Waals surface area contributed by atoms with Gasteiger partial charge in [-0.25, -0.2) is 8.42 Å². The summed E-state index contributed by atoms with van der Waals surface area (Å²) in [7, 11) is -3.26. The van der Waals surface area contributed by atoms with Crippen molar-refractivity contribution in [3.63, 3.8) is 0 Å². The molecule has 0 atom stereocenters. The van der Waals surface area contributed by atoms with E-state index in [0.29, 0.717) is 12.2 Å². The van der Waals surface area contributed by atoms with Gasteiger partial charge in [-0.15, -0.1) is 0 Å². The van der Waals surface area contributed by atoms with Gasteiger partial charge in [0.15, 0.2) is 0 Å². The highest BCUT2D eigenvalue weighted by Crippen LogP contribution is 2.18. The molecule has 0 saturated carbocycles. The first-order chi connectivity index (χ1) is 8.59. The van der Waals surface area contributed by atoms with E-state index in [2.05, 4.69) is 17.0 Å². The number of sulfonamides is 1. The molecule has 5 heteroatoms. The summed E-state index contributed by atoms with van der Waals surface area (Å²) >= 11 is 0. The van der Waals surface area contributed by atoms with Crippen LogP contribution >= 0.6 is 0 Å². The molecule has 0 radical (unpaired) electrons. The Morgan fingerprint density at radius 2 is 1.89 bits per heavy atom. The summed E-state index contributed by atoms with van der Waals surface area (Å²) in [4.78, 5) is 0. The molecule has 0 spiro atoms. The molecular weight excluding hydrogens is 248 g/mol. The maximum absolute atomic E-state index is 11.9. The zero-order chi connectivity index (χ0) is 13.4. The first-order valence-electron chi connectivity index (χ1n) is 6.38. The van der Waals surface area contributed by atoms with Crippen LogP contribution in [0, 0.1) is 0 Å². The maximum atomic E-state index is 11.9. The second-order valence-electron chi connectivity index (χ2n) is 4.18. The Labute approximate surface area is 110 Å². The van der Waals surface area contributed by atoms with Crippen LogP contribution in [0.2, 0.25) is 0 Å². The number of hydrogen-bond acceptors (Lipinski definition) is 3. The van der Waals surface area contributed by atoms with Crippen molar-refractivity contribution in [2.75, 3.05) is 23.6 Å². The summed E-state index contributed by atoms with van der Waals surface area (Å²) < 4.78 is 26.4. The Hall–Kier alpha value is -1.07. The molecular formula is C13H22N2O2S. The molecule has 4 nitrogen and oxygen atoms in total. The summed E-state index contributed by atoms with van der Waals surface area (Å²) in [5.74, 6) is 0.0985. The van der Waals surface area contributed by atoms with Gasteiger partial charge in [-0.3, -0.25) is 4.72 Å². The minimum atomic E-state index is -3.26. The predicted molar refractivity (Wildman–Crippen MR) is 76.4 cm³/mol. The van der Waals surface area contributed by atoms with Crippen molar-refractivity contribution in [1.82, 2.24) is 5.32 Å². The third kappa shape index (κ3) is 5.06. The lowest BCUT2D eigenvalue weighted by Crippen LogP contribution is -2.26. The van der Waals surface area contributed by atoms with Gasteiger partial charge in [-0.05, 0) is 24.6 Å². The summed E-state index contributed by atoms with van der Waals surface area (Å²) in [5.41, 5.74) is 1.75. The van der Waals surface area contributed by atoms with Crippen LogP contribution in [0.3, 0.4) is 0 Å². The average Bonchev–Trinajstić information content (AvgIpc) is 2.32. The third-order valence-electron chi connectivity index (χ3n) is 2.60. The van der Waals surface area contributed by atoms with Crippen LogP contribution in [-0.4, -0.2) is 27.3 Å². The lowest BCUT2D eigenvalue weighted by atomic mass is 10.1. The molecule has 0 fully saturated rings. The minimum absolute atomic E-state index is 0.0985. The first kappa shape index (κ1) is 15.0. The van der Waals surface area contributed by atoms with Crippen molar-refractivity contribution >= 4 is 15.7 Å². The first-order valence-corrected chi connectivity index (χ1v) is 8.03. The quantitative estimate of drug-likeness (QED) is 0.710. The van der Waals surface area contributed by atoms with E-state index in [0.717, 1.165) is 24.9 Å². The Bertz CT molecular complexity index is 458. The number of hydrogen-bond donors (Lipinski definition) is 2. The molecule has 0 heterocycles. The zero-order valence-electron chi connectivity index (χ0n) is 11.1. The van der Waals surface area contributed by atoms with Crippen LogP contribution < -0.4 is 10.0 Å². The van der Waals surface area contributed by atoms with Crippen LogP contribution in [0.25, 0.3) is 0 Å². The monoisotopic (exact) mass is 270 g/mol. The van der Waals surface area contributed by atoms with Crippen molar-refractivity contribution in [3.05, 3.63) is 29.8 Å². The fourth-order valence-corrected chi connectivity index (χ4v) is 2.76. The van der Waals surface area contributed by atoms with Gasteiger partial charge in [0.2, 0.25) is 10.0 Å². The molecule has 0 unspecified atom stereocenters. The molecule has 0 aliphatic carbocycles. The van der Waals surface area contributed by atoms with E-state index in [4.69, 9.17) is 0 Å². The Kier molecular flexibility index (Phi) is 6.15. The minimum Gasteiger partial charge on any atom is -0.316 e. The van der Waals surface area contributed by atoms with E-state index in [1.807, 2.05) is 31.2 Å². The van der Waals surface area contributed by atoms with Crippen LogP contribution in [0.15, 0.2) is 24.3 Å². The maximum Gasteiger partial charge on any atom is 0.233 e. The number of benzene rings is 1. The molecule has 2 N–H and O–H groups in total. The zero-order valence-corrected chi connectivity index (χ0v) is 11.9. The number of anilines is 1. The standard InChI is InChI=1S/C13H22N2O2S/c1-3-7-12-8-5-6-9-13(12)15-18(16,17)11-10-14-4-2/h5-6,8-9,14-15H,3-4,7,10-11H2,1-2H3. The van der Waals surface area contributed by atoms with Gasteiger partial charge in [0.1, 0.15) is 0 Å². The Morgan fingerprint density at radius 3 is 2.56 bits per heavy atom. The van der Waals surface area contributed by atoms with Gasteiger partial charge < -0.3 is 5.32 Å². The van der Waals surface area contributed by atoms with E-state index >= 15 is 0 Å². The smallest absolute Gasteiger partial charge is 0.233 e. The summed E-state index contributed by atoms with van der Waals surface area (Å²) in [5, 5.41) is 3.01. The molecule has 0 saturated heterocycles. The largest absolute Gasteiger partial charge is 0.316 e. The number of para-hydroxylation sites is 1. The molecule has 0 bridgehead atoms. The van der Waals surface area contributed by atoms with Gasteiger partial charge >= 0.3 is 0 Å². The predicted octanol–water partition coefficient (Wildman–Crippen LogP) is 1.99. The molecule has 1 aromatic rings.